The Bertz CT molecular complexity index is 1110. The lowest BCUT2D eigenvalue weighted by Gasteiger charge is -2.09. The minimum atomic E-state index is -4.50. The van der Waals surface area contributed by atoms with E-state index in [1.54, 1.807) is 31.3 Å². The van der Waals surface area contributed by atoms with Crippen LogP contribution in [0.15, 0.2) is 55.0 Å². The van der Waals surface area contributed by atoms with Gasteiger partial charge < -0.3 is 9.53 Å². The first-order valence-electron chi connectivity index (χ1n) is 9.62. The third kappa shape index (κ3) is 6.37. The van der Waals surface area contributed by atoms with Crippen molar-refractivity contribution in [3.05, 3.63) is 71.1 Å². The lowest BCUT2D eigenvalue weighted by atomic mass is 10.0. The molecule has 0 aliphatic carbocycles. The van der Waals surface area contributed by atoms with E-state index in [0.717, 1.165) is 18.0 Å². The van der Waals surface area contributed by atoms with E-state index in [1.165, 1.54) is 6.07 Å². The molecule has 1 atom stereocenters. The van der Waals surface area contributed by atoms with Gasteiger partial charge in [-0.1, -0.05) is 30.7 Å². The molecule has 3 rings (SSSR count). The molecule has 0 N–H and O–H groups in total. The number of alkyl halides is 3. The predicted octanol–water partition coefficient (Wildman–Crippen LogP) is 6.63. The topological polar surface area (TPSA) is 65.0 Å². The van der Waals surface area contributed by atoms with Crippen LogP contribution in [0.25, 0.3) is 17.5 Å². The van der Waals surface area contributed by atoms with Gasteiger partial charge in [0.25, 0.3) is 0 Å². The summed E-state index contributed by atoms with van der Waals surface area (Å²) < 4.78 is 43.7. The molecule has 0 amide bonds. The Morgan fingerprint density at radius 2 is 1.84 bits per heavy atom. The molecule has 0 fully saturated rings. The molecule has 5 nitrogen and oxygen atoms in total. The average Bonchev–Trinajstić information content (AvgIpc) is 2.73. The van der Waals surface area contributed by atoms with Gasteiger partial charge in [0.2, 0.25) is 5.88 Å². The van der Waals surface area contributed by atoms with Gasteiger partial charge in [-0.3, -0.25) is 0 Å². The maximum atomic E-state index is 12.7. The highest BCUT2D eigenvalue weighted by Crippen LogP contribution is 2.33. The summed E-state index contributed by atoms with van der Waals surface area (Å²) in [6.45, 7) is 3.52. The molecule has 0 radical (unpaired) electrons. The van der Waals surface area contributed by atoms with E-state index in [1.807, 2.05) is 25.1 Å². The van der Waals surface area contributed by atoms with Gasteiger partial charge in [0.15, 0.2) is 5.82 Å². The fourth-order valence-corrected chi connectivity index (χ4v) is 3.03. The van der Waals surface area contributed by atoms with Gasteiger partial charge in [0, 0.05) is 36.6 Å². The van der Waals surface area contributed by atoms with Crippen LogP contribution in [-0.4, -0.2) is 20.7 Å². The van der Waals surface area contributed by atoms with E-state index in [9.17, 15) is 18.0 Å². The van der Waals surface area contributed by atoms with Crippen LogP contribution in [0.1, 0.15) is 31.4 Å². The monoisotopic (exact) mass is 461 g/mol. The first-order valence-corrected chi connectivity index (χ1v) is 10.0. The van der Waals surface area contributed by atoms with Crippen molar-refractivity contribution in [1.29, 1.82) is 0 Å². The third-order valence-electron chi connectivity index (χ3n) is 4.37. The van der Waals surface area contributed by atoms with E-state index in [0.29, 0.717) is 23.6 Å². The Labute approximate surface area is 188 Å². The number of ether oxygens (including phenoxy) is 1. The molecule has 0 spiro atoms. The predicted molar refractivity (Wildman–Crippen MR) is 115 cm³/mol. The van der Waals surface area contributed by atoms with E-state index in [4.69, 9.17) is 16.3 Å². The zero-order chi connectivity index (χ0) is 23.3. The molecule has 32 heavy (non-hydrogen) atoms. The number of hydrogen-bond donors (Lipinski definition) is 0. The van der Waals surface area contributed by atoms with E-state index < -0.39 is 11.7 Å². The van der Waals surface area contributed by atoms with Gasteiger partial charge in [-0.2, -0.15) is 13.2 Å². The second-order valence-corrected chi connectivity index (χ2v) is 7.62. The van der Waals surface area contributed by atoms with Gasteiger partial charge >= 0.3 is 6.18 Å². The number of benzene rings is 1. The smallest absolute Gasteiger partial charge is 0.419 e. The number of allylic oxidation sites excluding steroid dienone is 1. The summed E-state index contributed by atoms with van der Waals surface area (Å²) in [5.41, 5.74) is 0.378. The molecule has 0 aliphatic heterocycles. The number of aromatic nitrogens is 3. The summed E-state index contributed by atoms with van der Waals surface area (Å²) >= 11 is 6.26. The summed E-state index contributed by atoms with van der Waals surface area (Å²) in [5, 5.41) is 0.231. The Balaban J connectivity index is 1.68. The average molecular weight is 462 g/mol. The number of carbonyl (C=O) groups is 1. The zero-order valence-corrected chi connectivity index (χ0v) is 18.0. The largest absolute Gasteiger partial charge is 0.437 e. The summed E-state index contributed by atoms with van der Waals surface area (Å²) in [4.78, 5) is 22.9. The number of rotatable bonds is 7. The number of carbonyl (C=O) groups excluding carboxylic acids is 1. The first-order chi connectivity index (χ1) is 15.1. The van der Waals surface area contributed by atoms with Gasteiger partial charge in [0.05, 0.1) is 10.6 Å². The fraction of sp³-hybridized carbons (Fsp3) is 0.217. The maximum absolute atomic E-state index is 12.7. The molecule has 2 heterocycles. The van der Waals surface area contributed by atoms with Crippen molar-refractivity contribution >= 4 is 23.5 Å². The van der Waals surface area contributed by atoms with Crippen LogP contribution >= 0.6 is 11.6 Å². The lowest BCUT2D eigenvalue weighted by Crippen LogP contribution is -2.06. The first kappa shape index (κ1) is 23.4. The minimum Gasteiger partial charge on any atom is -0.437 e. The van der Waals surface area contributed by atoms with Gasteiger partial charge in [-0.05, 0) is 42.7 Å². The lowest BCUT2D eigenvalue weighted by molar-refractivity contribution is -0.138. The molecule has 0 saturated carbocycles. The summed E-state index contributed by atoms with van der Waals surface area (Å²) in [6, 6.07) is 8.16. The molecule has 9 heteroatoms. The molecule has 1 aromatic carbocycles. The molecule has 166 valence electrons. The number of hydrogen-bond acceptors (Lipinski definition) is 5. The van der Waals surface area contributed by atoms with Crippen molar-refractivity contribution in [3.8, 4) is 23.0 Å². The van der Waals surface area contributed by atoms with Crippen molar-refractivity contribution in [1.82, 2.24) is 15.0 Å². The third-order valence-corrected chi connectivity index (χ3v) is 4.67. The van der Waals surface area contributed by atoms with Crippen LogP contribution in [0.3, 0.4) is 0 Å². The van der Waals surface area contributed by atoms with Crippen LogP contribution in [0, 0.1) is 5.92 Å². The maximum Gasteiger partial charge on any atom is 0.419 e. The number of pyridine rings is 1. The second kappa shape index (κ2) is 9.91. The van der Waals surface area contributed by atoms with Crippen molar-refractivity contribution in [2.24, 2.45) is 5.92 Å². The van der Waals surface area contributed by atoms with E-state index in [2.05, 4.69) is 15.0 Å². The summed E-state index contributed by atoms with van der Waals surface area (Å²) in [5.74, 6) is 1.03. The molecule has 0 aliphatic rings. The molecule has 0 unspecified atom stereocenters. The van der Waals surface area contributed by atoms with E-state index in [-0.39, 0.29) is 22.5 Å². The van der Waals surface area contributed by atoms with Gasteiger partial charge in [0.1, 0.15) is 11.5 Å². The van der Waals surface area contributed by atoms with Gasteiger partial charge in [-0.15, -0.1) is 0 Å². The van der Waals surface area contributed by atoms with Crippen molar-refractivity contribution in [3.63, 3.8) is 0 Å². The molecule has 3 aromatic rings. The van der Waals surface area contributed by atoms with Crippen molar-refractivity contribution < 1.29 is 22.7 Å². The van der Waals surface area contributed by atoms with Crippen LogP contribution in [0.2, 0.25) is 5.02 Å². The summed E-state index contributed by atoms with van der Waals surface area (Å²) in [7, 11) is 0. The Morgan fingerprint density at radius 1 is 1.12 bits per heavy atom. The molecule has 2 aromatic heterocycles. The zero-order valence-electron chi connectivity index (χ0n) is 17.2. The molecule has 0 bridgehead atoms. The molecular weight excluding hydrogens is 443 g/mol. The Hall–Kier alpha value is -3.26. The quantitative estimate of drug-likeness (QED) is 0.395. The highest BCUT2D eigenvalue weighted by atomic mass is 35.5. The van der Waals surface area contributed by atoms with Gasteiger partial charge in [-0.25, -0.2) is 15.0 Å². The second-order valence-electron chi connectivity index (χ2n) is 7.21. The van der Waals surface area contributed by atoms with Crippen LogP contribution < -0.4 is 4.74 Å². The van der Waals surface area contributed by atoms with Crippen LogP contribution in [0.4, 0.5) is 13.2 Å². The van der Waals surface area contributed by atoms with Crippen LogP contribution in [0.5, 0.6) is 11.6 Å². The normalized spacial score (nSPS) is 12.7. The Morgan fingerprint density at radius 3 is 2.41 bits per heavy atom. The summed E-state index contributed by atoms with van der Waals surface area (Å²) in [6.07, 6.45) is 2.89. The highest BCUT2D eigenvalue weighted by molar-refractivity contribution is 6.32. The number of nitrogens with zero attached hydrogens (tertiary/aromatic N) is 3. The Kier molecular flexibility index (Phi) is 7.25. The highest BCUT2D eigenvalue weighted by Gasteiger charge is 2.31. The minimum absolute atomic E-state index is 0.111. The SMILES string of the molecule is CC(=O)C[C@@H](C)/C=C/c1ccc(Oc2ccc(-c3ncc(C(F)(F)F)cn3)cc2Cl)nc1. The molecular formula is C23H19ClF3N3O2. The van der Waals surface area contributed by atoms with E-state index >= 15 is 0 Å². The fourth-order valence-electron chi connectivity index (χ4n) is 2.81. The molecule has 0 saturated heterocycles. The number of halogens is 4. The number of ketones is 1. The van der Waals surface area contributed by atoms with Crippen LogP contribution in [-0.2, 0) is 11.0 Å². The standard InChI is InChI=1S/C23H19ClF3N3O2/c1-14(9-15(2)31)3-4-16-5-8-21(28-11-16)32-20-7-6-17(10-19(20)24)22-29-12-18(13-30-22)23(25,26)27/h3-8,10-14H,9H2,1-2H3/b4-3+/t14-/m0/s1. The van der Waals surface area contributed by atoms with Crippen molar-refractivity contribution in [2.75, 3.05) is 0 Å². The number of Topliss-reactive ketones (excluding diaryl/α,β-unsaturated/α-hetero) is 1. The van der Waals surface area contributed by atoms with Crippen molar-refractivity contribution in [2.45, 2.75) is 26.4 Å².